The van der Waals surface area contributed by atoms with Crippen LogP contribution < -0.4 is 63.9 Å². The maximum atomic E-state index is 11.6. The van der Waals surface area contributed by atoms with Crippen molar-refractivity contribution in [3.8, 4) is 11.5 Å². The van der Waals surface area contributed by atoms with Gasteiger partial charge in [0, 0.05) is 0 Å². The van der Waals surface area contributed by atoms with E-state index in [2.05, 4.69) is 6.92 Å². The molecule has 0 atom stereocenters. The molecule has 0 aliphatic heterocycles. The number of benzene rings is 2. The summed E-state index contributed by atoms with van der Waals surface area (Å²) in [4.78, 5) is -0.868. The van der Waals surface area contributed by atoms with Gasteiger partial charge in [-0.15, -0.1) is 0 Å². The zero-order valence-corrected chi connectivity index (χ0v) is 26.6. The molecule has 0 N–H and O–H groups in total. The van der Waals surface area contributed by atoms with Crippen LogP contribution in [0.1, 0.15) is 76.7 Å². The summed E-state index contributed by atoms with van der Waals surface area (Å²) >= 11 is 0. The van der Waals surface area contributed by atoms with Crippen molar-refractivity contribution in [2.24, 2.45) is 0 Å². The first-order valence-corrected chi connectivity index (χ1v) is 14.2. The van der Waals surface area contributed by atoms with E-state index in [4.69, 9.17) is 4.74 Å². The van der Waals surface area contributed by atoms with Crippen molar-refractivity contribution in [1.29, 1.82) is 0 Å². The number of aryl methyl sites for hydroxylation is 1. The van der Waals surface area contributed by atoms with E-state index in [1.807, 2.05) is 0 Å². The molecule has 0 amide bonds. The monoisotopic (exact) mass is 542 g/mol. The Morgan fingerprint density at radius 1 is 0.657 bits per heavy atom. The molecule has 7 nitrogen and oxygen atoms in total. The largest absolute Gasteiger partial charge is 1.00 e. The fourth-order valence-electron chi connectivity index (χ4n) is 3.62. The van der Waals surface area contributed by atoms with Crippen LogP contribution in [0.25, 0.3) is 0 Å². The first-order chi connectivity index (χ1) is 15.6. The summed E-state index contributed by atoms with van der Waals surface area (Å²) in [6, 6.07) is 9.06. The average Bonchev–Trinajstić information content (AvgIpc) is 2.74. The van der Waals surface area contributed by atoms with E-state index >= 15 is 0 Å². The molecule has 0 fully saturated rings. The molecular weight excluding hydrogens is 510 g/mol. The molecule has 11 heteroatoms. The van der Waals surface area contributed by atoms with Gasteiger partial charge < -0.3 is 13.8 Å². The topological polar surface area (TPSA) is 124 Å². The predicted octanol–water partition coefficient (Wildman–Crippen LogP) is -0.241. The van der Waals surface area contributed by atoms with Crippen LogP contribution in [0.3, 0.4) is 0 Å². The van der Waals surface area contributed by atoms with Gasteiger partial charge in [0.25, 0.3) is 0 Å². The Kier molecular flexibility index (Phi) is 17.6. The van der Waals surface area contributed by atoms with E-state index in [9.17, 15) is 25.9 Å². The number of hydrogen-bond donors (Lipinski definition) is 0. The first-order valence-electron chi connectivity index (χ1n) is 11.4. The fourth-order valence-corrected chi connectivity index (χ4v) is 4.69. The van der Waals surface area contributed by atoms with Gasteiger partial charge in [0.05, 0.1) is 9.79 Å². The Bertz CT molecular complexity index is 1100. The van der Waals surface area contributed by atoms with Crippen molar-refractivity contribution in [3.05, 3.63) is 48.0 Å². The predicted molar refractivity (Wildman–Crippen MR) is 124 cm³/mol. The van der Waals surface area contributed by atoms with Crippen molar-refractivity contribution in [2.45, 2.75) is 87.3 Å². The van der Waals surface area contributed by atoms with Crippen LogP contribution in [-0.4, -0.2) is 25.9 Å². The Morgan fingerprint density at radius 2 is 1.17 bits per heavy atom. The molecule has 0 unspecified atom stereocenters. The van der Waals surface area contributed by atoms with E-state index in [-0.39, 0.29) is 70.6 Å². The standard InChI is InChI=1S/C24H34O7S2.2Na/c1-2-3-4-5-6-7-8-9-10-11-13-20-16-22(19-24(17-20)33(28,29)30)31-21-14-12-15-23(18-21)32(25,26)27;;/h12,14-19H,2-11,13H2,1H3,(H,25,26,27)(H,28,29,30);;/q;2*+1/p-2. The van der Waals surface area contributed by atoms with Crippen LogP contribution in [0.5, 0.6) is 11.5 Å². The van der Waals surface area contributed by atoms with Gasteiger partial charge in [-0.1, -0.05) is 70.8 Å². The van der Waals surface area contributed by atoms with Crippen LogP contribution in [0.4, 0.5) is 0 Å². The second-order valence-electron chi connectivity index (χ2n) is 8.23. The minimum atomic E-state index is -4.70. The van der Waals surface area contributed by atoms with Gasteiger partial charge in [-0.3, -0.25) is 0 Å². The molecule has 184 valence electrons. The Labute approximate surface area is 254 Å². The van der Waals surface area contributed by atoms with Gasteiger partial charge in [0.2, 0.25) is 0 Å². The summed E-state index contributed by atoms with van der Waals surface area (Å²) in [5.74, 6) is 0.145. The third-order valence-electron chi connectivity index (χ3n) is 5.38. The van der Waals surface area contributed by atoms with Crippen LogP contribution in [-0.2, 0) is 26.7 Å². The van der Waals surface area contributed by atoms with Gasteiger partial charge >= 0.3 is 59.1 Å². The molecule has 2 rings (SSSR count). The summed E-state index contributed by atoms with van der Waals surface area (Å²) in [6.45, 7) is 2.20. The smallest absolute Gasteiger partial charge is 0.744 e. The molecule has 2 aromatic carbocycles. The van der Waals surface area contributed by atoms with Crippen molar-refractivity contribution < 1.29 is 89.8 Å². The van der Waals surface area contributed by atoms with Crippen LogP contribution in [0, 0.1) is 0 Å². The Morgan fingerprint density at radius 3 is 1.71 bits per heavy atom. The zero-order valence-electron chi connectivity index (χ0n) is 21.0. The van der Waals surface area contributed by atoms with Gasteiger partial charge in [-0.25, -0.2) is 16.8 Å². The third-order valence-corrected chi connectivity index (χ3v) is 7.02. The van der Waals surface area contributed by atoms with Crippen LogP contribution >= 0.6 is 0 Å². The summed E-state index contributed by atoms with van der Waals surface area (Å²) in [5, 5.41) is 0. The molecule has 0 radical (unpaired) electrons. The van der Waals surface area contributed by atoms with Gasteiger partial charge in [0.15, 0.2) is 0 Å². The molecule has 2 aromatic rings. The van der Waals surface area contributed by atoms with Gasteiger partial charge in [-0.2, -0.15) is 0 Å². The molecule has 0 bridgehead atoms. The number of ether oxygens (including phenoxy) is 1. The summed E-state index contributed by atoms with van der Waals surface area (Å²) in [5.41, 5.74) is 0.647. The number of unbranched alkanes of at least 4 members (excludes halogenated alkanes) is 9. The van der Waals surface area contributed by atoms with Crippen molar-refractivity contribution in [3.63, 3.8) is 0 Å². The zero-order chi connectivity index (χ0) is 24.3. The quantitative estimate of drug-likeness (QED) is 0.173. The summed E-state index contributed by atoms with van der Waals surface area (Å²) < 4.78 is 74.0. The SMILES string of the molecule is CCCCCCCCCCCCc1cc(Oc2cccc(S(=O)(=O)[O-])c2)cc(S(=O)(=O)[O-])c1.[Na+].[Na+]. The molecule has 0 aliphatic carbocycles. The van der Waals surface area contributed by atoms with E-state index in [1.54, 1.807) is 6.07 Å². The third kappa shape index (κ3) is 14.0. The average molecular weight is 543 g/mol. The maximum Gasteiger partial charge on any atom is 1.00 e. The minimum Gasteiger partial charge on any atom is -0.744 e. The molecule has 0 aliphatic rings. The van der Waals surface area contributed by atoms with E-state index < -0.39 is 30.0 Å². The molecular formula is C24H32Na2O7S2. The molecule has 0 aromatic heterocycles. The summed E-state index contributed by atoms with van der Waals surface area (Å²) in [7, 11) is -9.36. The van der Waals surface area contributed by atoms with Crippen LogP contribution in [0.2, 0.25) is 0 Å². The van der Waals surface area contributed by atoms with E-state index in [0.717, 1.165) is 37.5 Å². The molecule has 0 saturated carbocycles. The first kappa shape index (κ1) is 35.1. The molecule has 0 spiro atoms. The van der Waals surface area contributed by atoms with Crippen molar-refractivity contribution in [2.75, 3.05) is 0 Å². The fraction of sp³-hybridized carbons (Fsp3) is 0.500. The van der Waals surface area contributed by atoms with Crippen LogP contribution in [0.15, 0.2) is 52.3 Å². The second kappa shape index (κ2) is 17.5. The second-order valence-corrected chi connectivity index (χ2v) is 11.0. The van der Waals surface area contributed by atoms with Gasteiger partial charge in [-0.05, 0) is 54.8 Å². The van der Waals surface area contributed by atoms with Crippen molar-refractivity contribution >= 4 is 20.2 Å². The van der Waals surface area contributed by atoms with E-state index in [0.29, 0.717) is 12.0 Å². The molecule has 0 saturated heterocycles. The molecule has 35 heavy (non-hydrogen) atoms. The molecule has 0 heterocycles. The van der Waals surface area contributed by atoms with Gasteiger partial charge in [0.1, 0.15) is 31.7 Å². The minimum absolute atomic E-state index is 0. The summed E-state index contributed by atoms with van der Waals surface area (Å²) in [6.07, 6.45) is 12.3. The number of rotatable bonds is 15. The number of hydrogen-bond acceptors (Lipinski definition) is 7. The Balaban J connectivity index is 0.00000578. The Hall–Kier alpha value is 0.0600. The van der Waals surface area contributed by atoms with Crippen molar-refractivity contribution in [1.82, 2.24) is 0 Å². The normalized spacial score (nSPS) is 11.4. The maximum absolute atomic E-state index is 11.6. The van der Waals surface area contributed by atoms with E-state index in [1.165, 1.54) is 63.1 Å².